The predicted octanol–water partition coefficient (Wildman–Crippen LogP) is 3.43. The van der Waals surface area contributed by atoms with Crippen LogP contribution in [0.25, 0.3) is 0 Å². The predicted molar refractivity (Wildman–Crippen MR) is 109 cm³/mol. The highest BCUT2D eigenvalue weighted by molar-refractivity contribution is 6.02. The molecule has 0 bridgehead atoms. The second-order valence-corrected chi connectivity index (χ2v) is 7.26. The number of anilines is 2. The van der Waals surface area contributed by atoms with Crippen molar-refractivity contribution in [3.8, 4) is 0 Å². The molecule has 2 amide bonds. The SMILES string of the molecule is CCOCCCNC(=O)c1cc(NC(=O)C2CCCCC2)ccc1N(C)C. The van der Waals surface area contributed by atoms with Crippen LogP contribution in [-0.4, -0.2) is 45.7 Å². The highest BCUT2D eigenvalue weighted by Crippen LogP contribution is 2.27. The Hall–Kier alpha value is -2.08. The molecule has 1 aromatic rings. The Labute approximate surface area is 162 Å². The van der Waals surface area contributed by atoms with E-state index in [0.29, 0.717) is 31.0 Å². The third-order valence-corrected chi connectivity index (χ3v) is 4.92. The van der Waals surface area contributed by atoms with E-state index in [2.05, 4.69) is 10.6 Å². The topological polar surface area (TPSA) is 70.7 Å². The summed E-state index contributed by atoms with van der Waals surface area (Å²) in [6.07, 6.45) is 6.13. The van der Waals surface area contributed by atoms with Gasteiger partial charge in [0, 0.05) is 51.1 Å². The van der Waals surface area contributed by atoms with Gasteiger partial charge in [0.2, 0.25) is 5.91 Å². The van der Waals surface area contributed by atoms with E-state index >= 15 is 0 Å². The summed E-state index contributed by atoms with van der Waals surface area (Å²) in [5.41, 5.74) is 2.07. The summed E-state index contributed by atoms with van der Waals surface area (Å²) < 4.78 is 5.30. The lowest BCUT2D eigenvalue weighted by Gasteiger charge is -2.22. The van der Waals surface area contributed by atoms with Crippen molar-refractivity contribution in [3.05, 3.63) is 23.8 Å². The van der Waals surface area contributed by atoms with Gasteiger partial charge in [-0.25, -0.2) is 0 Å². The number of ether oxygens (including phenoxy) is 1. The molecular formula is C21H33N3O3. The zero-order valence-corrected chi connectivity index (χ0v) is 16.8. The van der Waals surface area contributed by atoms with Gasteiger partial charge in [0.15, 0.2) is 0 Å². The highest BCUT2D eigenvalue weighted by Gasteiger charge is 2.22. The number of hydrogen-bond acceptors (Lipinski definition) is 4. The van der Waals surface area contributed by atoms with Crippen LogP contribution in [-0.2, 0) is 9.53 Å². The first-order valence-electron chi connectivity index (χ1n) is 10.0. The van der Waals surface area contributed by atoms with Gasteiger partial charge in [0.05, 0.1) is 5.56 Å². The molecule has 2 N–H and O–H groups in total. The minimum atomic E-state index is -0.135. The molecule has 6 nitrogen and oxygen atoms in total. The maximum Gasteiger partial charge on any atom is 0.253 e. The lowest BCUT2D eigenvalue weighted by molar-refractivity contribution is -0.120. The second-order valence-electron chi connectivity index (χ2n) is 7.26. The van der Waals surface area contributed by atoms with Crippen molar-refractivity contribution in [3.63, 3.8) is 0 Å². The van der Waals surface area contributed by atoms with Gasteiger partial charge < -0.3 is 20.3 Å². The van der Waals surface area contributed by atoms with E-state index in [0.717, 1.165) is 37.8 Å². The number of rotatable bonds is 9. The van der Waals surface area contributed by atoms with E-state index in [1.807, 2.05) is 38.1 Å². The summed E-state index contributed by atoms with van der Waals surface area (Å²) in [6.45, 7) is 3.83. The van der Waals surface area contributed by atoms with Crippen molar-refractivity contribution >= 4 is 23.2 Å². The molecule has 0 aromatic heterocycles. The van der Waals surface area contributed by atoms with Crippen LogP contribution >= 0.6 is 0 Å². The van der Waals surface area contributed by atoms with Crippen molar-refractivity contribution in [2.45, 2.75) is 45.4 Å². The normalized spacial score (nSPS) is 14.6. The van der Waals surface area contributed by atoms with E-state index in [1.165, 1.54) is 6.42 Å². The number of carbonyl (C=O) groups is 2. The van der Waals surface area contributed by atoms with Crippen molar-refractivity contribution in [1.82, 2.24) is 5.32 Å². The van der Waals surface area contributed by atoms with Crippen molar-refractivity contribution in [2.24, 2.45) is 5.92 Å². The minimum absolute atomic E-state index is 0.0652. The zero-order valence-electron chi connectivity index (χ0n) is 16.8. The Bertz CT molecular complexity index is 625. The molecule has 27 heavy (non-hydrogen) atoms. The standard InChI is InChI=1S/C21H33N3O3/c1-4-27-14-8-13-22-21(26)18-15-17(11-12-19(18)24(2)3)23-20(25)16-9-6-5-7-10-16/h11-12,15-16H,4-10,13-14H2,1-3H3,(H,22,26)(H,23,25). The maximum atomic E-state index is 12.7. The van der Waals surface area contributed by atoms with Crippen molar-refractivity contribution in [2.75, 3.05) is 44.1 Å². The van der Waals surface area contributed by atoms with E-state index < -0.39 is 0 Å². The minimum Gasteiger partial charge on any atom is -0.382 e. The summed E-state index contributed by atoms with van der Waals surface area (Å²) >= 11 is 0. The molecule has 2 rings (SSSR count). The molecule has 150 valence electrons. The number of hydrogen-bond donors (Lipinski definition) is 2. The summed E-state index contributed by atoms with van der Waals surface area (Å²) in [7, 11) is 3.81. The fraction of sp³-hybridized carbons (Fsp3) is 0.619. The summed E-state index contributed by atoms with van der Waals surface area (Å²) in [5, 5.41) is 5.94. The van der Waals surface area contributed by atoms with Crippen molar-refractivity contribution < 1.29 is 14.3 Å². The molecule has 1 aliphatic rings. The molecule has 1 aliphatic carbocycles. The first kappa shape index (κ1) is 21.2. The maximum absolute atomic E-state index is 12.7. The third-order valence-electron chi connectivity index (χ3n) is 4.92. The summed E-state index contributed by atoms with van der Waals surface area (Å²) in [4.78, 5) is 27.1. The fourth-order valence-electron chi connectivity index (χ4n) is 3.41. The van der Waals surface area contributed by atoms with Crippen LogP contribution in [0.4, 0.5) is 11.4 Å². The molecule has 0 heterocycles. The lowest BCUT2D eigenvalue weighted by Crippen LogP contribution is -2.28. The van der Waals surface area contributed by atoms with Gasteiger partial charge in [-0.05, 0) is 44.4 Å². The molecule has 0 atom stereocenters. The lowest BCUT2D eigenvalue weighted by atomic mass is 9.88. The van der Waals surface area contributed by atoms with E-state index in [9.17, 15) is 9.59 Å². The molecule has 0 spiro atoms. The van der Waals surface area contributed by atoms with Gasteiger partial charge in [-0.2, -0.15) is 0 Å². The molecule has 0 saturated heterocycles. The number of nitrogens with one attached hydrogen (secondary N) is 2. The Morgan fingerprint density at radius 2 is 1.93 bits per heavy atom. The van der Waals surface area contributed by atoms with Gasteiger partial charge in [-0.3, -0.25) is 9.59 Å². The highest BCUT2D eigenvalue weighted by atomic mass is 16.5. The Morgan fingerprint density at radius 3 is 2.59 bits per heavy atom. The molecule has 1 fully saturated rings. The average Bonchev–Trinajstić information content (AvgIpc) is 2.68. The van der Waals surface area contributed by atoms with Crippen LogP contribution in [0.5, 0.6) is 0 Å². The van der Waals surface area contributed by atoms with E-state index in [-0.39, 0.29) is 17.7 Å². The number of benzene rings is 1. The van der Waals surface area contributed by atoms with Gasteiger partial charge in [0.1, 0.15) is 0 Å². The third kappa shape index (κ3) is 6.54. The van der Waals surface area contributed by atoms with Gasteiger partial charge in [-0.1, -0.05) is 19.3 Å². The Kier molecular flexibility index (Phi) is 8.58. The second kappa shape index (κ2) is 10.9. The van der Waals surface area contributed by atoms with Crippen LogP contribution < -0.4 is 15.5 Å². The van der Waals surface area contributed by atoms with Crippen molar-refractivity contribution in [1.29, 1.82) is 0 Å². The van der Waals surface area contributed by atoms with E-state index in [4.69, 9.17) is 4.74 Å². The first-order chi connectivity index (χ1) is 13.0. The molecule has 1 aromatic carbocycles. The monoisotopic (exact) mass is 375 g/mol. The molecule has 0 unspecified atom stereocenters. The number of nitrogens with zero attached hydrogens (tertiary/aromatic N) is 1. The first-order valence-corrected chi connectivity index (χ1v) is 10.0. The average molecular weight is 376 g/mol. The van der Waals surface area contributed by atoms with Gasteiger partial charge >= 0.3 is 0 Å². The number of carbonyl (C=O) groups excluding carboxylic acids is 2. The summed E-state index contributed by atoms with van der Waals surface area (Å²) in [6, 6.07) is 5.52. The molecule has 1 saturated carbocycles. The van der Waals surface area contributed by atoms with Crippen LogP contribution in [0.15, 0.2) is 18.2 Å². The van der Waals surface area contributed by atoms with Crippen LogP contribution in [0.2, 0.25) is 0 Å². The smallest absolute Gasteiger partial charge is 0.253 e. The zero-order chi connectivity index (χ0) is 19.6. The molecule has 0 radical (unpaired) electrons. The van der Waals surface area contributed by atoms with Gasteiger partial charge in [-0.15, -0.1) is 0 Å². The fourth-order valence-corrected chi connectivity index (χ4v) is 3.41. The largest absolute Gasteiger partial charge is 0.382 e. The Balaban J connectivity index is 2.04. The van der Waals surface area contributed by atoms with Gasteiger partial charge in [0.25, 0.3) is 5.91 Å². The Morgan fingerprint density at radius 1 is 1.19 bits per heavy atom. The quantitative estimate of drug-likeness (QED) is 0.649. The van der Waals surface area contributed by atoms with Crippen LogP contribution in [0.3, 0.4) is 0 Å². The van der Waals surface area contributed by atoms with E-state index in [1.54, 1.807) is 6.07 Å². The molecule has 6 heteroatoms. The molecular weight excluding hydrogens is 342 g/mol. The van der Waals surface area contributed by atoms with Crippen LogP contribution in [0, 0.1) is 5.92 Å². The molecule has 0 aliphatic heterocycles. The number of amides is 2. The summed E-state index contributed by atoms with van der Waals surface area (Å²) in [5.74, 6) is 0.0162. The van der Waals surface area contributed by atoms with Crippen LogP contribution in [0.1, 0.15) is 55.8 Å².